The van der Waals surface area contributed by atoms with Gasteiger partial charge < -0.3 is 0 Å². The van der Waals surface area contributed by atoms with Gasteiger partial charge in [-0.2, -0.15) is 0 Å². The SMILES string of the molecule is Cc1ccccc1C[S@@](=O)Cc1ccc(C(C)(C)C)cc1. The molecule has 0 aromatic heterocycles. The Bertz CT molecular complexity index is 621. The third-order valence-corrected chi connectivity index (χ3v) is 5.01. The maximum Gasteiger partial charge on any atom is 0.0491 e. The molecule has 2 aromatic carbocycles. The van der Waals surface area contributed by atoms with Crippen molar-refractivity contribution in [1.29, 1.82) is 0 Å². The minimum atomic E-state index is -0.860. The highest BCUT2D eigenvalue weighted by atomic mass is 32.2. The van der Waals surface area contributed by atoms with E-state index in [-0.39, 0.29) is 5.41 Å². The van der Waals surface area contributed by atoms with Crippen molar-refractivity contribution < 1.29 is 4.21 Å². The van der Waals surface area contributed by atoms with Crippen molar-refractivity contribution in [2.75, 3.05) is 0 Å². The highest BCUT2D eigenvalue weighted by molar-refractivity contribution is 7.83. The Morgan fingerprint density at radius 2 is 1.52 bits per heavy atom. The zero-order valence-electron chi connectivity index (χ0n) is 13.3. The Labute approximate surface area is 130 Å². The zero-order chi connectivity index (χ0) is 15.5. The molecule has 0 saturated heterocycles. The van der Waals surface area contributed by atoms with Gasteiger partial charge in [0.1, 0.15) is 0 Å². The van der Waals surface area contributed by atoms with E-state index >= 15 is 0 Å². The van der Waals surface area contributed by atoms with E-state index in [1.807, 2.05) is 12.1 Å². The largest absolute Gasteiger partial charge is 0.259 e. The fourth-order valence-corrected chi connectivity index (χ4v) is 3.62. The highest BCUT2D eigenvalue weighted by Crippen LogP contribution is 2.22. The van der Waals surface area contributed by atoms with Gasteiger partial charge in [0.05, 0.1) is 0 Å². The molecule has 1 nitrogen and oxygen atoms in total. The van der Waals surface area contributed by atoms with E-state index in [0.717, 1.165) is 5.56 Å². The normalized spacial score (nSPS) is 13.1. The minimum Gasteiger partial charge on any atom is -0.259 e. The first-order chi connectivity index (χ1) is 9.86. The van der Waals surface area contributed by atoms with Crippen LogP contribution in [0.2, 0.25) is 0 Å². The number of hydrogen-bond donors (Lipinski definition) is 0. The zero-order valence-corrected chi connectivity index (χ0v) is 14.2. The summed E-state index contributed by atoms with van der Waals surface area (Å²) in [4.78, 5) is 0. The lowest BCUT2D eigenvalue weighted by Crippen LogP contribution is -2.10. The van der Waals surface area contributed by atoms with E-state index < -0.39 is 10.8 Å². The summed E-state index contributed by atoms with van der Waals surface area (Å²) in [6, 6.07) is 16.7. The fraction of sp³-hybridized carbons (Fsp3) is 0.368. The minimum absolute atomic E-state index is 0.166. The van der Waals surface area contributed by atoms with Gasteiger partial charge in [-0.25, -0.2) is 0 Å². The number of rotatable bonds is 4. The van der Waals surface area contributed by atoms with E-state index in [4.69, 9.17) is 0 Å². The third-order valence-electron chi connectivity index (χ3n) is 3.73. The van der Waals surface area contributed by atoms with Crippen LogP contribution in [0.5, 0.6) is 0 Å². The molecule has 21 heavy (non-hydrogen) atoms. The van der Waals surface area contributed by atoms with Crippen LogP contribution >= 0.6 is 0 Å². The smallest absolute Gasteiger partial charge is 0.0491 e. The average Bonchev–Trinajstić information content (AvgIpc) is 2.41. The molecule has 0 spiro atoms. The summed E-state index contributed by atoms with van der Waals surface area (Å²) in [6.07, 6.45) is 0. The quantitative estimate of drug-likeness (QED) is 0.797. The summed E-state index contributed by atoms with van der Waals surface area (Å²) in [5.74, 6) is 1.26. The molecule has 2 heteroatoms. The van der Waals surface area contributed by atoms with Gasteiger partial charge in [0.25, 0.3) is 0 Å². The Balaban J connectivity index is 2.02. The molecule has 0 bridgehead atoms. The molecular formula is C19H24OS. The predicted molar refractivity (Wildman–Crippen MR) is 91.9 cm³/mol. The Morgan fingerprint density at radius 1 is 0.905 bits per heavy atom. The number of benzene rings is 2. The molecule has 0 amide bonds. The molecule has 1 atom stereocenters. The Kier molecular flexibility index (Phi) is 5.00. The second-order valence-corrected chi connectivity index (χ2v) is 8.06. The molecule has 0 saturated carbocycles. The van der Waals surface area contributed by atoms with Gasteiger partial charge in [-0.05, 0) is 34.6 Å². The van der Waals surface area contributed by atoms with Crippen molar-refractivity contribution in [2.24, 2.45) is 0 Å². The lowest BCUT2D eigenvalue weighted by Gasteiger charge is -2.19. The van der Waals surface area contributed by atoms with Crippen molar-refractivity contribution in [3.05, 3.63) is 70.8 Å². The molecule has 112 valence electrons. The summed E-state index contributed by atoms with van der Waals surface area (Å²) in [5, 5.41) is 0. The number of hydrogen-bond acceptors (Lipinski definition) is 1. The molecule has 0 fully saturated rings. The van der Waals surface area contributed by atoms with E-state index in [2.05, 4.69) is 64.1 Å². The van der Waals surface area contributed by atoms with Crippen molar-refractivity contribution in [3.63, 3.8) is 0 Å². The van der Waals surface area contributed by atoms with Gasteiger partial charge >= 0.3 is 0 Å². The van der Waals surface area contributed by atoms with Crippen LogP contribution in [-0.2, 0) is 27.7 Å². The maximum absolute atomic E-state index is 12.3. The van der Waals surface area contributed by atoms with Crippen LogP contribution in [0.4, 0.5) is 0 Å². The topological polar surface area (TPSA) is 17.1 Å². The van der Waals surface area contributed by atoms with Gasteiger partial charge in [0.2, 0.25) is 0 Å². The van der Waals surface area contributed by atoms with Crippen LogP contribution in [0.3, 0.4) is 0 Å². The Hall–Kier alpha value is -1.41. The first kappa shape index (κ1) is 16.0. The van der Waals surface area contributed by atoms with Crippen molar-refractivity contribution in [1.82, 2.24) is 0 Å². The van der Waals surface area contributed by atoms with Crippen LogP contribution in [0.15, 0.2) is 48.5 Å². The van der Waals surface area contributed by atoms with E-state index in [9.17, 15) is 4.21 Å². The molecule has 0 aliphatic carbocycles. The van der Waals surface area contributed by atoms with Crippen molar-refractivity contribution >= 4 is 10.8 Å². The van der Waals surface area contributed by atoms with Crippen LogP contribution in [0.25, 0.3) is 0 Å². The molecule has 2 aromatic rings. The van der Waals surface area contributed by atoms with Gasteiger partial charge in [-0.1, -0.05) is 69.3 Å². The first-order valence-electron chi connectivity index (χ1n) is 7.35. The van der Waals surface area contributed by atoms with Crippen molar-refractivity contribution in [3.8, 4) is 0 Å². The molecule has 0 N–H and O–H groups in total. The van der Waals surface area contributed by atoms with Crippen LogP contribution < -0.4 is 0 Å². The number of aryl methyl sites for hydroxylation is 1. The monoisotopic (exact) mass is 300 g/mol. The molecule has 0 aliphatic rings. The standard InChI is InChI=1S/C19H24OS/c1-15-7-5-6-8-17(15)14-21(20)13-16-9-11-18(12-10-16)19(2,3)4/h5-12H,13-14H2,1-4H3/t21-/m0/s1. The lowest BCUT2D eigenvalue weighted by atomic mass is 9.87. The van der Waals surface area contributed by atoms with Gasteiger partial charge in [-0.15, -0.1) is 0 Å². The predicted octanol–water partition coefficient (Wildman–Crippen LogP) is 4.74. The van der Waals surface area contributed by atoms with Gasteiger partial charge in [-0.3, -0.25) is 4.21 Å². The van der Waals surface area contributed by atoms with Gasteiger partial charge in [0, 0.05) is 22.3 Å². The molecular weight excluding hydrogens is 276 g/mol. The van der Waals surface area contributed by atoms with E-state index in [1.54, 1.807) is 0 Å². The third kappa shape index (κ3) is 4.53. The average molecular weight is 300 g/mol. The summed E-state index contributed by atoms with van der Waals surface area (Å²) in [7, 11) is -0.860. The maximum atomic E-state index is 12.3. The van der Waals surface area contributed by atoms with E-state index in [1.165, 1.54) is 16.7 Å². The highest BCUT2D eigenvalue weighted by Gasteiger charge is 2.13. The summed E-state index contributed by atoms with van der Waals surface area (Å²) >= 11 is 0. The van der Waals surface area contributed by atoms with Crippen molar-refractivity contribution in [2.45, 2.75) is 44.6 Å². The molecule has 2 rings (SSSR count). The molecule has 0 aliphatic heterocycles. The van der Waals surface area contributed by atoms with Crippen LogP contribution in [0.1, 0.15) is 43.0 Å². The second-order valence-electron chi connectivity index (χ2n) is 6.60. The fourth-order valence-electron chi connectivity index (χ4n) is 2.28. The lowest BCUT2D eigenvalue weighted by molar-refractivity contribution is 0.590. The van der Waals surface area contributed by atoms with Crippen LogP contribution in [-0.4, -0.2) is 4.21 Å². The van der Waals surface area contributed by atoms with Crippen LogP contribution in [0, 0.1) is 6.92 Å². The molecule has 0 radical (unpaired) electrons. The molecule has 0 heterocycles. The first-order valence-corrected chi connectivity index (χ1v) is 8.84. The van der Waals surface area contributed by atoms with Gasteiger partial charge in [0.15, 0.2) is 0 Å². The second kappa shape index (κ2) is 6.57. The summed E-state index contributed by atoms with van der Waals surface area (Å²) < 4.78 is 12.3. The Morgan fingerprint density at radius 3 is 2.10 bits per heavy atom. The van der Waals surface area contributed by atoms with E-state index in [0.29, 0.717) is 11.5 Å². The molecule has 0 unspecified atom stereocenters. The summed E-state index contributed by atoms with van der Waals surface area (Å²) in [6.45, 7) is 8.69. The summed E-state index contributed by atoms with van der Waals surface area (Å²) in [5.41, 5.74) is 5.03.